The SMILES string of the molecule is CCc1cccc(CC2CCCNC2)c1OC. The predicted molar refractivity (Wildman–Crippen MR) is 71.7 cm³/mol. The number of rotatable bonds is 4. The monoisotopic (exact) mass is 233 g/mol. The molecular weight excluding hydrogens is 210 g/mol. The molecule has 0 bridgehead atoms. The molecule has 1 aromatic carbocycles. The molecule has 0 saturated carbocycles. The molecule has 2 rings (SSSR count). The molecule has 0 radical (unpaired) electrons. The van der Waals surface area contributed by atoms with Crippen LogP contribution in [0.5, 0.6) is 5.75 Å². The Bertz CT molecular complexity index is 356. The first-order valence-electron chi connectivity index (χ1n) is 6.70. The van der Waals surface area contributed by atoms with Crippen molar-refractivity contribution in [1.82, 2.24) is 5.32 Å². The summed E-state index contributed by atoms with van der Waals surface area (Å²) in [4.78, 5) is 0. The van der Waals surface area contributed by atoms with Crippen LogP contribution in [0, 0.1) is 5.92 Å². The summed E-state index contributed by atoms with van der Waals surface area (Å²) >= 11 is 0. The van der Waals surface area contributed by atoms with Gasteiger partial charge in [-0.2, -0.15) is 0 Å². The molecule has 0 amide bonds. The van der Waals surface area contributed by atoms with Crippen molar-refractivity contribution >= 4 is 0 Å². The fraction of sp³-hybridized carbons (Fsp3) is 0.600. The van der Waals surface area contributed by atoms with Crippen LogP contribution < -0.4 is 10.1 Å². The van der Waals surface area contributed by atoms with Crippen molar-refractivity contribution in [3.05, 3.63) is 29.3 Å². The third-order valence-corrected chi connectivity index (χ3v) is 3.67. The first kappa shape index (κ1) is 12.4. The van der Waals surface area contributed by atoms with E-state index in [1.54, 1.807) is 7.11 Å². The molecule has 0 aliphatic carbocycles. The van der Waals surface area contributed by atoms with Gasteiger partial charge in [-0.25, -0.2) is 0 Å². The van der Waals surface area contributed by atoms with Crippen molar-refractivity contribution in [1.29, 1.82) is 0 Å². The first-order valence-corrected chi connectivity index (χ1v) is 6.70. The maximum atomic E-state index is 5.59. The Morgan fingerprint density at radius 1 is 1.35 bits per heavy atom. The number of hydrogen-bond acceptors (Lipinski definition) is 2. The summed E-state index contributed by atoms with van der Waals surface area (Å²) in [5.74, 6) is 1.88. The number of ether oxygens (including phenoxy) is 1. The highest BCUT2D eigenvalue weighted by atomic mass is 16.5. The highest BCUT2D eigenvalue weighted by Crippen LogP contribution is 2.28. The van der Waals surface area contributed by atoms with Gasteiger partial charge in [0.1, 0.15) is 5.75 Å². The number of hydrogen-bond donors (Lipinski definition) is 1. The van der Waals surface area contributed by atoms with Gasteiger partial charge in [0.05, 0.1) is 7.11 Å². The molecular formula is C15H23NO. The second kappa shape index (κ2) is 6.06. The van der Waals surface area contributed by atoms with Crippen LogP contribution in [0.25, 0.3) is 0 Å². The van der Waals surface area contributed by atoms with Crippen LogP contribution >= 0.6 is 0 Å². The first-order chi connectivity index (χ1) is 8.35. The van der Waals surface area contributed by atoms with E-state index in [9.17, 15) is 0 Å². The van der Waals surface area contributed by atoms with Gasteiger partial charge in [-0.05, 0) is 55.8 Å². The smallest absolute Gasteiger partial charge is 0.125 e. The van der Waals surface area contributed by atoms with Crippen LogP contribution in [0.1, 0.15) is 30.9 Å². The number of benzene rings is 1. The highest BCUT2D eigenvalue weighted by molar-refractivity contribution is 5.41. The maximum absolute atomic E-state index is 5.59. The Hall–Kier alpha value is -1.02. The van der Waals surface area contributed by atoms with E-state index < -0.39 is 0 Å². The van der Waals surface area contributed by atoms with Gasteiger partial charge in [0.25, 0.3) is 0 Å². The van der Waals surface area contributed by atoms with Crippen molar-refractivity contribution < 1.29 is 4.74 Å². The summed E-state index contributed by atoms with van der Waals surface area (Å²) in [6.07, 6.45) is 4.83. The Morgan fingerprint density at radius 3 is 2.82 bits per heavy atom. The fourth-order valence-electron chi connectivity index (χ4n) is 2.75. The standard InChI is InChI=1S/C15H23NO/c1-3-13-7-4-8-14(15(13)17-2)10-12-6-5-9-16-11-12/h4,7-8,12,16H,3,5-6,9-11H2,1-2H3. The lowest BCUT2D eigenvalue weighted by Crippen LogP contribution is -2.30. The van der Waals surface area contributed by atoms with E-state index in [0.717, 1.165) is 31.1 Å². The Kier molecular flexibility index (Phi) is 4.43. The lowest BCUT2D eigenvalue weighted by Gasteiger charge is -2.24. The van der Waals surface area contributed by atoms with Gasteiger partial charge in [-0.3, -0.25) is 0 Å². The molecule has 2 nitrogen and oxygen atoms in total. The minimum Gasteiger partial charge on any atom is -0.496 e. The summed E-state index contributed by atoms with van der Waals surface area (Å²) in [7, 11) is 1.79. The van der Waals surface area contributed by atoms with E-state index in [-0.39, 0.29) is 0 Å². The molecule has 0 spiro atoms. The van der Waals surface area contributed by atoms with Crippen LogP contribution in [-0.4, -0.2) is 20.2 Å². The summed E-state index contributed by atoms with van der Waals surface area (Å²) in [5, 5.41) is 3.48. The van der Waals surface area contributed by atoms with Crippen LogP contribution in [-0.2, 0) is 12.8 Å². The van der Waals surface area contributed by atoms with Crippen LogP contribution in [0.4, 0.5) is 0 Å². The Balaban J connectivity index is 2.13. The predicted octanol–water partition coefficient (Wildman–Crippen LogP) is 2.80. The molecule has 1 heterocycles. The number of aryl methyl sites for hydroxylation is 1. The molecule has 1 fully saturated rings. The molecule has 1 atom stereocenters. The molecule has 94 valence electrons. The normalized spacial score (nSPS) is 20.2. The third-order valence-electron chi connectivity index (χ3n) is 3.67. The van der Waals surface area contributed by atoms with E-state index in [1.165, 1.54) is 30.5 Å². The lowest BCUT2D eigenvalue weighted by molar-refractivity contribution is 0.363. The van der Waals surface area contributed by atoms with Gasteiger partial charge in [-0.1, -0.05) is 25.1 Å². The van der Waals surface area contributed by atoms with Crippen molar-refractivity contribution in [2.45, 2.75) is 32.6 Å². The molecule has 1 saturated heterocycles. The summed E-state index contributed by atoms with van der Waals surface area (Å²) in [5.41, 5.74) is 2.70. The van der Waals surface area contributed by atoms with Crippen molar-refractivity contribution in [3.63, 3.8) is 0 Å². The highest BCUT2D eigenvalue weighted by Gasteiger charge is 2.16. The minimum absolute atomic E-state index is 0.768. The van der Waals surface area contributed by atoms with E-state index in [2.05, 4.69) is 30.4 Å². The van der Waals surface area contributed by atoms with Gasteiger partial charge < -0.3 is 10.1 Å². The Labute approximate surface area is 104 Å². The topological polar surface area (TPSA) is 21.3 Å². The third kappa shape index (κ3) is 3.01. The van der Waals surface area contributed by atoms with E-state index in [0.29, 0.717) is 0 Å². The molecule has 1 aliphatic heterocycles. The zero-order valence-electron chi connectivity index (χ0n) is 11.0. The number of para-hydroxylation sites is 1. The fourth-order valence-corrected chi connectivity index (χ4v) is 2.75. The van der Waals surface area contributed by atoms with Crippen LogP contribution in [0.2, 0.25) is 0 Å². The van der Waals surface area contributed by atoms with Gasteiger partial charge in [0.15, 0.2) is 0 Å². The van der Waals surface area contributed by atoms with E-state index in [1.807, 2.05) is 0 Å². The molecule has 2 heteroatoms. The minimum atomic E-state index is 0.768. The molecule has 1 unspecified atom stereocenters. The van der Waals surface area contributed by atoms with Crippen molar-refractivity contribution in [3.8, 4) is 5.75 Å². The lowest BCUT2D eigenvalue weighted by atomic mass is 9.91. The molecule has 1 aliphatic rings. The van der Waals surface area contributed by atoms with Gasteiger partial charge in [0, 0.05) is 0 Å². The Morgan fingerprint density at radius 2 is 2.18 bits per heavy atom. The van der Waals surface area contributed by atoms with Gasteiger partial charge in [0.2, 0.25) is 0 Å². The van der Waals surface area contributed by atoms with E-state index in [4.69, 9.17) is 4.74 Å². The van der Waals surface area contributed by atoms with Crippen molar-refractivity contribution in [2.24, 2.45) is 5.92 Å². The van der Waals surface area contributed by atoms with E-state index >= 15 is 0 Å². The summed E-state index contributed by atoms with van der Waals surface area (Å²) in [6.45, 7) is 4.52. The number of nitrogens with one attached hydrogen (secondary N) is 1. The molecule has 1 aromatic rings. The largest absolute Gasteiger partial charge is 0.496 e. The molecule has 0 aromatic heterocycles. The number of piperidine rings is 1. The average molecular weight is 233 g/mol. The quantitative estimate of drug-likeness (QED) is 0.863. The number of methoxy groups -OCH3 is 1. The zero-order chi connectivity index (χ0) is 12.1. The second-order valence-corrected chi connectivity index (χ2v) is 4.88. The zero-order valence-corrected chi connectivity index (χ0v) is 11.0. The molecule has 17 heavy (non-hydrogen) atoms. The van der Waals surface area contributed by atoms with Gasteiger partial charge in [-0.15, -0.1) is 0 Å². The summed E-state index contributed by atoms with van der Waals surface area (Å²) < 4.78 is 5.59. The summed E-state index contributed by atoms with van der Waals surface area (Å²) in [6, 6.07) is 6.54. The second-order valence-electron chi connectivity index (χ2n) is 4.88. The van der Waals surface area contributed by atoms with Crippen molar-refractivity contribution in [2.75, 3.05) is 20.2 Å². The van der Waals surface area contributed by atoms with Crippen LogP contribution in [0.3, 0.4) is 0 Å². The van der Waals surface area contributed by atoms with Gasteiger partial charge >= 0.3 is 0 Å². The van der Waals surface area contributed by atoms with Crippen LogP contribution in [0.15, 0.2) is 18.2 Å². The molecule has 1 N–H and O–H groups in total. The maximum Gasteiger partial charge on any atom is 0.125 e. The average Bonchev–Trinajstić information content (AvgIpc) is 2.39.